The Hall–Kier alpha value is -1.71. The Labute approximate surface area is 101 Å². The summed E-state index contributed by atoms with van der Waals surface area (Å²) in [5.74, 6) is 0.593. The zero-order chi connectivity index (χ0) is 13.2. The Bertz CT molecular complexity index is 449. The summed E-state index contributed by atoms with van der Waals surface area (Å²) in [5.41, 5.74) is 2.82. The van der Waals surface area contributed by atoms with Gasteiger partial charge in [-0.15, -0.1) is 0 Å². The van der Waals surface area contributed by atoms with Gasteiger partial charge in [-0.25, -0.2) is 4.79 Å². The molecular formula is C13H18O4. The molecule has 0 fully saturated rings. The van der Waals surface area contributed by atoms with Crippen LogP contribution < -0.4 is 4.74 Å². The maximum Gasteiger partial charge on any atom is 0.511 e. The van der Waals surface area contributed by atoms with Crippen LogP contribution in [0.3, 0.4) is 0 Å². The lowest BCUT2D eigenvalue weighted by molar-refractivity contribution is 0.143. The highest BCUT2D eigenvalue weighted by Crippen LogP contribution is 2.37. The van der Waals surface area contributed by atoms with E-state index >= 15 is 0 Å². The molecule has 0 saturated heterocycles. The summed E-state index contributed by atoms with van der Waals surface area (Å²) in [5, 5.41) is 18.7. The van der Waals surface area contributed by atoms with Gasteiger partial charge < -0.3 is 14.9 Å². The molecule has 17 heavy (non-hydrogen) atoms. The van der Waals surface area contributed by atoms with Crippen LogP contribution in [0.15, 0.2) is 0 Å². The van der Waals surface area contributed by atoms with Crippen LogP contribution in [0, 0.1) is 20.8 Å². The third-order valence-corrected chi connectivity index (χ3v) is 3.03. The monoisotopic (exact) mass is 238 g/mol. The molecule has 4 nitrogen and oxygen atoms in total. The fraction of sp³-hybridized carbons (Fsp3) is 0.462. The first-order valence-corrected chi connectivity index (χ1v) is 5.62. The molecule has 0 saturated carbocycles. The maximum atomic E-state index is 10.7. The van der Waals surface area contributed by atoms with E-state index in [9.17, 15) is 9.90 Å². The molecule has 0 radical (unpaired) electrons. The maximum absolute atomic E-state index is 10.7. The molecule has 0 unspecified atom stereocenters. The van der Waals surface area contributed by atoms with E-state index in [0.717, 1.165) is 12.0 Å². The standard InChI is InChI=1S/C13H18O4/c1-5-6-10-9(4)11(14)7(2)8(3)12(10)17-13(15)16/h14H,5-6H2,1-4H3,(H,15,16). The molecular weight excluding hydrogens is 220 g/mol. The third kappa shape index (κ3) is 2.52. The molecule has 94 valence electrons. The van der Waals surface area contributed by atoms with Gasteiger partial charge in [-0.1, -0.05) is 13.3 Å². The van der Waals surface area contributed by atoms with Crippen LogP contribution in [0.25, 0.3) is 0 Å². The molecule has 4 heteroatoms. The second-order valence-electron chi connectivity index (χ2n) is 4.15. The van der Waals surface area contributed by atoms with Crippen molar-refractivity contribution >= 4 is 6.16 Å². The summed E-state index contributed by atoms with van der Waals surface area (Å²) >= 11 is 0. The van der Waals surface area contributed by atoms with Crippen molar-refractivity contribution < 1.29 is 19.7 Å². The number of phenols is 1. The fourth-order valence-corrected chi connectivity index (χ4v) is 1.95. The van der Waals surface area contributed by atoms with Crippen molar-refractivity contribution in [2.45, 2.75) is 40.5 Å². The van der Waals surface area contributed by atoms with Gasteiger partial charge in [0.2, 0.25) is 0 Å². The fourth-order valence-electron chi connectivity index (χ4n) is 1.95. The normalized spacial score (nSPS) is 10.4. The van der Waals surface area contributed by atoms with Gasteiger partial charge in [0.1, 0.15) is 11.5 Å². The van der Waals surface area contributed by atoms with Crippen molar-refractivity contribution in [2.75, 3.05) is 0 Å². The van der Waals surface area contributed by atoms with E-state index in [0.29, 0.717) is 28.9 Å². The first kappa shape index (κ1) is 13.4. The van der Waals surface area contributed by atoms with Crippen molar-refractivity contribution in [3.05, 3.63) is 22.3 Å². The van der Waals surface area contributed by atoms with E-state index in [1.54, 1.807) is 20.8 Å². The number of rotatable bonds is 3. The molecule has 0 aliphatic rings. The number of aromatic hydroxyl groups is 1. The summed E-state index contributed by atoms with van der Waals surface area (Å²) < 4.78 is 4.85. The molecule has 0 amide bonds. The van der Waals surface area contributed by atoms with E-state index in [1.807, 2.05) is 6.92 Å². The number of phenolic OH excluding ortho intramolecular Hbond substituents is 1. The summed E-state index contributed by atoms with van der Waals surface area (Å²) in [7, 11) is 0. The highest BCUT2D eigenvalue weighted by atomic mass is 16.7. The molecule has 0 aliphatic heterocycles. The lowest BCUT2D eigenvalue weighted by Gasteiger charge is -2.17. The van der Waals surface area contributed by atoms with Crippen molar-refractivity contribution in [1.82, 2.24) is 0 Å². The minimum atomic E-state index is -1.32. The Morgan fingerprint density at radius 1 is 1.18 bits per heavy atom. The minimum absolute atomic E-state index is 0.226. The van der Waals surface area contributed by atoms with Gasteiger partial charge in [0, 0.05) is 5.56 Å². The lowest BCUT2D eigenvalue weighted by atomic mass is 9.95. The SMILES string of the molecule is CCCc1c(C)c(O)c(C)c(C)c1OC(=O)O. The van der Waals surface area contributed by atoms with Crippen LogP contribution in [0.5, 0.6) is 11.5 Å². The van der Waals surface area contributed by atoms with Crippen molar-refractivity contribution in [1.29, 1.82) is 0 Å². The van der Waals surface area contributed by atoms with Gasteiger partial charge in [0.05, 0.1) is 0 Å². The predicted molar refractivity (Wildman–Crippen MR) is 65.0 cm³/mol. The zero-order valence-electron chi connectivity index (χ0n) is 10.6. The molecule has 0 spiro atoms. The summed E-state index contributed by atoms with van der Waals surface area (Å²) in [6.45, 7) is 7.28. The number of ether oxygens (including phenoxy) is 1. The molecule has 1 aromatic carbocycles. The van der Waals surface area contributed by atoms with Gasteiger partial charge in [-0.05, 0) is 43.9 Å². The Morgan fingerprint density at radius 3 is 2.24 bits per heavy atom. The molecule has 1 aromatic rings. The van der Waals surface area contributed by atoms with E-state index in [2.05, 4.69) is 0 Å². The number of carboxylic acid groups (broad SMARTS) is 1. The average Bonchev–Trinajstić information content (AvgIpc) is 2.28. The molecule has 0 aliphatic carbocycles. The summed E-state index contributed by atoms with van der Waals surface area (Å²) in [6.07, 6.45) is 0.219. The van der Waals surface area contributed by atoms with Crippen molar-refractivity contribution in [3.63, 3.8) is 0 Å². The Morgan fingerprint density at radius 2 is 1.76 bits per heavy atom. The van der Waals surface area contributed by atoms with Crippen LogP contribution in [-0.4, -0.2) is 16.4 Å². The molecule has 0 bridgehead atoms. The van der Waals surface area contributed by atoms with E-state index in [4.69, 9.17) is 9.84 Å². The number of benzene rings is 1. The molecule has 0 atom stereocenters. The Kier molecular flexibility index (Phi) is 3.99. The number of hydrogen-bond donors (Lipinski definition) is 2. The first-order valence-electron chi connectivity index (χ1n) is 5.62. The quantitative estimate of drug-likeness (QED) is 0.626. The highest BCUT2D eigenvalue weighted by Gasteiger charge is 2.19. The second-order valence-corrected chi connectivity index (χ2v) is 4.15. The van der Waals surface area contributed by atoms with Crippen LogP contribution in [0.1, 0.15) is 35.6 Å². The number of hydrogen-bond acceptors (Lipinski definition) is 3. The van der Waals surface area contributed by atoms with Gasteiger partial charge in [-0.2, -0.15) is 0 Å². The van der Waals surface area contributed by atoms with Gasteiger partial charge in [0.15, 0.2) is 0 Å². The molecule has 0 heterocycles. The first-order chi connectivity index (χ1) is 7.90. The van der Waals surface area contributed by atoms with Crippen LogP contribution in [-0.2, 0) is 6.42 Å². The van der Waals surface area contributed by atoms with Gasteiger partial charge in [0.25, 0.3) is 0 Å². The summed E-state index contributed by atoms with van der Waals surface area (Å²) in [4.78, 5) is 10.7. The van der Waals surface area contributed by atoms with E-state index in [1.165, 1.54) is 0 Å². The second kappa shape index (κ2) is 5.08. The van der Waals surface area contributed by atoms with Crippen molar-refractivity contribution in [2.24, 2.45) is 0 Å². The van der Waals surface area contributed by atoms with Crippen LogP contribution in [0.2, 0.25) is 0 Å². The lowest BCUT2D eigenvalue weighted by Crippen LogP contribution is -2.09. The zero-order valence-corrected chi connectivity index (χ0v) is 10.6. The summed E-state index contributed by atoms with van der Waals surface area (Å²) in [6, 6.07) is 0. The van der Waals surface area contributed by atoms with Gasteiger partial charge >= 0.3 is 6.16 Å². The average molecular weight is 238 g/mol. The number of carbonyl (C=O) groups is 1. The topological polar surface area (TPSA) is 66.8 Å². The smallest absolute Gasteiger partial charge is 0.507 e. The van der Waals surface area contributed by atoms with Crippen LogP contribution >= 0.6 is 0 Å². The predicted octanol–water partition coefficient (Wildman–Crippen LogP) is 3.33. The molecule has 0 aromatic heterocycles. The third-order valence-electron chi connectivity index (χ3n) is 3.03. The van der Waals surface area contributed by atoms with E-state index < -0.39 is 6.16 Å². The van der Waals surface area contributed by atoms with E-state index in [-0.39, 0.29) is 5.75 Å². The molecule has 1 rings (SSSR count). The minimum Gasteiger partial charge on any atom is -0.507 e. The highest BCUT2D eigenvalue weighted by molar-refractivity contribution is 5.66. The largest absolute Gasteiger partial charge is 0.511 e. The van der Waals surface area contributed by atoms with Crippen molar-refractivity contribution in [3.8, 4) is 11.5 Å². The Balaban J connectivity index is 3.47. The van der Waals surface area contributed by atoms with Crippen LogP contribution in [0.4, 0.5) is 4.79 Å². The molecule has 2 N–H and O–H groups in total. The van der Waals surface area contributed by atoms with Gasteiger partial charge in [-0.3, -0.25) is 0 Å².